The highest BCUT2D eigenvalue weighted by Crippen LogP contribution is 2.48. The van der Waals surface area contributed by atoms with Gasteiger partial charge >= 0.3 is 7.12 Å². The van der Waals surface area contributed by atoms with Gasteiger partial charge in [0.2, 0.25) is 5.88 Å². The molecule has 41 heavy (non-hydrogen) atoms. The summed E-state index contributed by atoms with van der Waals surface area (Å²) >= 11 is 0. The Morgan fingerprint density at radius 1 is 0.927 bits per heavy atom. The Balaban J connectivity index is 1.75. The number of hydrogen-bond donors (Lipinski definition) is 1. The van der Waals surface area contributed by atoms with Crippen molar-refractivity contribution in [3.63, 3.8) is 0 Å². The zero-order valence-electron chi connectivity index (χ0n) is 25.2. The molecule has 2 heterocycles. The molecular formula is C34H41BN2O4. The van der Waals surface area contributed by atoms with Gasteiger partial charge in [-0.05, 0) is 70.1 Å². The van der Waals surface area contributed by atoms with Crippen LogP contribution in [0.15, 0.2) is 85.1 Å². The van der Waals surface area contributed by atoms with E-state index in [1.54, 1.807) is 13.3 Å². The molecule has 214 valence electrons. The monoisotopic (exact) mass is 552 g/mol. The lowest BCUT2D eigenvalue weighted by atomic mass is 9.69. The van der Waals surface area contributed by atoms with Crippen molar-refractivity contribution in [1.82, 2.24) is 9.88 Å². The molecule has 0 amide bonds. The summed E-state index contributed by atoms with van der Waals surface area (Å²) in [5.41, 5.74) is 1.10. The standard InChI is InChI=1S/C34H41BN2O4/c1-32(2)33(3,4)41-35(40-32)26-22-28(31(39-7)36-23-26)30(25-15-9-8-10-16-25)34(38,20-21-37(5)6)29-19-13-17-24-14-11-12-18-27(24)29/h8-19,22-23,30,38H,20-21H2,1-7H3. The first-order valence-electron chi connectivity index (χ1n) is 14.3. The smallest absolute Gasteiger partial charge is 0.481 e. The molecule has 0 bridgehead atoms. The lowest BCUT2D eigenvalue weighted by Gasteiger charge is -2.39. The average Bonchev–Trinajstić information content (AvgIpc) is 3.18. The van der Waals surface area contributed by atoms with Crippen molar-refractivity contribution >= 4 is 23.4 Å². The Morgan fingerprint density at radius 2 is 1.56 bits per heavy atom. The van der Waals surface area contributed by atoms with Crippen LogP contribution in [0.3, 0.4) is 0 Å². The minimum Gasteiger partial charge on any atom is -0.481 e. The Kier molecular flexibility index (Phi) is 8.01. The van der Waals surface area contributed by atoms with Gasteiger partial charge in [0, 0.05) is 29.7 Å². The number of aromatic nitrogens is 1. The van der Waals surface area contributed by atoms with E-state index in [0.717, 1.165) is 32.9 Å². The van der Waals surface area contributed by atoms with Gasteiger partial charge in [0.15, 0.2) is 0 Å². The largest absolute Gasteiger partial charge is 0.496 e. The summed E-state index contributed by atoms with van der Waals surface area (Å²) in [5.74, 6) is -0.0399. The van der Waals surface area contributed by atoms with Crippen LogP contribution in [0.5, 0.6) is 5.88 Å². The fraction of sp³-hybridized carbons (Fsp3) is 0.382. The van der Waals surface area contributed by atoms with Crippen LogP contribution in [-0.2, 0) is 14.9 Å². The molecule has 2 unspecified atom stereocenters. The van der Waals surface area contributed by atoms with Gasteiger partial charge in [0.25, 0.3) is 0 Å². The molecule has 1 aliphatic rings. The van der Waals surface area contributed by atoms with Crippen molar-refractivity contribution in [1.29, 1.82) is 0 Å². The Labute approximate surface area is 244 Å². The van der Waals surface area contributed by atoms with E-state index in [-0.39, 0.29) is 0 Å². The number of hydrogen-bond acceptors (Lipinski definition) is 6. The summed E-state index contributed by atoms with van der Waals surface area (Å²) in [6.45, 7) is 8.84. The van der Waals surface area contributed by atoms with Gasteiger partial charge in [-0.2, -0.15) is 0 Å². The van der Waals surface area contributed by atoms with Gasteiger partial charge in [-0.3, -0.25) is 0 Å². The molecule has 0 radical (unpaired) electrons. The van der Waals surface area contributed by atoms with Crippen LogP contribution < -0.4 is 10.2 Å². The number of methoxy groups -OCH3 is 1. The molecule has 7 heteroatoms. The maximum Gasteiger partial charge on any atom is 0.496 e. The molecule has 0 saturated carbocycles. The van der Waals surface area contributed by atoms with Crippen molar-refractivity contribution in [3.05, 3.63) is 102 Å². The first kappa shape index (κ1) is 29.3. The normalized spacial score (nSPS) is 18.4. The number of rotatable bonds is 9. The Morgan fingerprint density at radius 3 is 2.22 bits per heavy atom. The number of aliphatic hydroxyl groups is 1. The van der Waals surface area contributed by atoms with Gasteiger partial charge in [-0.25, -0.2) is 4.98 Å². The number of fused-ring (bicyclic) bond motifs is 1. The molecule has 1 fully saturated rings. The fourth-order valence-electron chi connectivity index (χ4n) is 5.76. The third-order valence-electron chi connectivity index (χ3n) is 8.74. The highest BCUT2D eigenvalue weighted by Gasteiger charge is 2.52. The summed E-state index contributed by atoms with van der Waals surface area (Å²) in [6, 6.07) is 26.6. The molecule has 0 aliphatic carbocycles. The zero-order chi connectivity index (χ0) is 29.4. The van der Waals surface area contributed by atoms with Gasteiger partial charge in [-0.15, -0.1) is 0 Å². The maximum atomic E-state index is 13.2. The molecular weight excluding hydrogens is 511 g/mol. The van der Waals surface area contributed by atoms with E-state index in [1.165, 1.54) is 0 Å². The van der Waals surface area contributed by atoms with E-state index < -0.39 is 29.8 Å². The number of benzene rings is 3. The van der Waals surface area contributed by atoms with Crippen LogP contribution in [0.1, 0.15) is 56.7 Å². The summed E-state index contributed by atoms with van der Waals surface area (Å²) in [4.78, 5) is 6.85. The lowest BCUT2D eigenvalue weighted by Crippen LogP contribution is -2.41. The molecule has 4 aromatic rings. The van der Waals surface area contributed by atoms with Crippen LogP contribution in [-0.4, -0.2) is 61.1 Å². The summed E-state index contributed by atoms with van der Waals surface area (Å²) in [5, 5.41) is 15.3. The van der Waals surface area contributed by atoms with E-state index in [2.05, 4.69) is 35.2 Å². The van der Waals surface area contributed by atoms with Crippen molar-refractivity contribution in [2.75, 3.05) is 27.7 Å². The second-order valence-corrected chi connectivity index (χ2v) is 12.3. The first-order valence-corrected chi connectivity index (χ1v) is 14.3. The van der Waals surface area contributed by atoms with Crippen molar-refractivity contribution in [2.24, 2.45) is 0 Å². The van der Waals surface area contributed by atoms with Crippen molar-refractivity contribution in [3.8, 4) is 5.88 Å². The van der Waals surface area contributed by atoms with Gasteiger partial charge in [0.05, 0.1) is 18.3 Å². The maximum absolute atomic E-state index is 13.2. The minimum absolute atomic E-state index is 0.461. The van der Waals surface area contributed by atoms with Gasteiger partial charge in [-0.1, -0.05) is 78.9 Å². The van der Waals surface area contributed by atoms with E-state index in [1.807, 2.05) is 90.3 Å². The molecule has 2 atom stereocenters. The van der Waals surface area contributed by atoms with Gasteiger partial charge in [0.1, 0.15) is 5.60 Å². The second kappa shape index (κ2) is 11.2. The van der Waals surface area contributed by atoms with E-state index in [0.29, 0.717) is 18.8 Å². The zero-order valence-corrected chi connectivity index (χ0v) is 25.2. The SMILES string of the molecule is COc1ncc(B2OC(C)(C)C(C)(C)O2)cc1C(c1ccccc1)C(O)(CCN(C)C)c1cccc2ccccc12. The number of ether oxygens (including phenoxy) is 1. The molecule has 1 aromatic heterocycles. The summed E-state index contributed by atoms with van der Waals surface area (Å²) in [6.07, 6.45) is 2.24. The molecule has 1 aliphatic heterocycles. The van der Waals surface area contributed by atoms with Crippen LogP contribution >= 0.6 is 0 Å². The van der Waals surface area contributed by atoms with E-state index >= 15 is 0 Å². The third kappa shape index (κ3) is 5.52. The van der Waals surface area contributed by atoms with E-state index in [9.17, 15) is 5.11 Å². The molecule has 1 saturated heterocycles. The number of pyridine rings is 1. The lowest BCUT2D eigenvalue weighted by molar-refractivity contribution is 0.00516. The van der Waals surface area contributed by atoms with Crippen LogP contribution in [0.25, 0.3) is 10.8 Å². The van der Waals surface area contributed by atoms with E-state index in [4.69, 9.17) is 19.0 Å². The molecule has 0 spiro atoms. The predicted molar refractivity (Wildman–Crippen MR) is 166 cm³/mol. The quantitative estimate of drug-likeness (QED) is 0.276. The molecule has 6 nitrogen and oxygen atoms in total. The van der Waals surface area contributed by atoms with Gasteiger partial charge < -0.3 is 24.1 Å². The molecule has 5 rings (SSSR count). The average molecular weight is 553 g/mol. The summed E-state index contributed by atoms with van der Waals surface area (Å²) < 4.78 is 18.7. The fourth-order valence-corrected chi connectivity index (χ4v) is 5.76. The predicted octanol–water partition coefficient (Wildman–Crippen LogP) is 5.51. The van der Waals surface area contributed by atoms with Crippen molar-refractivity contribution < 1.29 is 19.2 Å². The minimum atomic E-state index is -1.31. The van der Waals surface area contributed by atoms with Crippen molar-refractivity contribution in [2.45, 2.75) is 56.8 Å². The van der Waals surface area contributed by atoms with Crippen LogP contribution in [0.2, 0.25) is 0 Å². The highest BCUT2D eigenvalue weighted by atomic mass is 16.7. The van der Waals surface area contributed by atoms with Crippen LogP contribution in [0, 0.1) is 0 Å². The van der Waals surface area contributed by atoms with Crippen LogP contribution in [0.4, 0.5) is 0 Å². The topological polar surface area (TPSA) is 64.0 Å². The highest BCUT2D eigenvalue weighted by molar-refractivity contribution is 6.62. The second-order valence-electron chi connectivity index (χ2n) is 12.3. The molecule has 3 aromatic carbocycles. The summed E-state index contributed by atoms with van der Waals surface area (Å²) in [7, 11) is 5.09. The molecule has 1 N–H and O–H groups in total. The Hall–Kier alpha value is -3.23. The number of nitrogens with zero attached hydrogens (tertiary/aromatic N) is 2. The first-order chi connectivity index (χ1) is 19.5. The Bertz CT molecular complexity index is 1490. The third-order valence-corrected chi connectivity index (χ3v) is 8.74.